The van der Waals surface area contributed by atoms with Gasteiger partial charge in [0.25, 0.3) is 0 Å². The maximum absolute atomic E-state index is 13.1. The molecule has 1 saturated carbocycles. The molecule has 7 heteroatoms. The lowest BCUT2D eigenvalue weighted by Gasteiger charge is -2.35. The van der Waals surface area contributed by atoms with Gasteiger partial charge in [-0.1, -0.05) is 26.2 Å². The Morgan fingerprint density at radius 2 is 1.92 bits per heavy atom. The number of hydrogen-bond acceptors (Lipinski definition) is 5. The van der Waals surface area contributed by atoms with Crippen LogP contribution in [-0.4, -0.2) is 58.6 Å². The van der Waals surface area contributed by atoms with Gasteiger partial charge in [0.2, 0.25) is 5.91 Å². The summed E-state index contributed by atoms with van der Waals surface area (Å²) >= 11 is 0. The summed E-state index contributed by atoms with van der Waals surface area (Å²) in [5.74, 6) is -1.24. The van der Waals surface area contributed by atoms with Crippen LogP contribution in [0.25, 0.3) is 0 Å². The molecule has 1 saturated heterocycles. The van der Waals surface area contributed by atoms with Crippen molar-refractivity contribution in [2.24, 2.45) is 5.92 Å². The van der Waals surface area contributed by atoms with Gasteiger partial charge in [-0.15, -0.1) is 0 Å². The molecule has 0 aromatic rings. The van der Waals surface area contributed by atoms with Gasteiger partial charge in [0.05, 0.1) is 12.6 Å². The summed E-state index contributed by atoms with van der Waals surface area (Å²) in [6.45, 7) is 5.72. The minimum absolute atomic E-state index is 0.00817. The van der Waals surface area contributed by atoms with Crippen LogP contribution in [0.4, 0.5) is 0 Å². The molecular formula is C19H32N2O5. The summed E-state index contributed by atoms with van der Waals surface area (Å²) in [5.41, 5.74) is 0. The van der Waals surface area contributed by atoms with E-state index >= 15 is 0 Å². The highest BCUT2D eigenvalue weighted by Crippen LogP contribution is 2.40. The highest BCUT2D eigenvalue weighted by atomic mass is 16.5. The molecule has 2 fully saturated rings. The number of ether oxygens (including phenoxy) is 1. The molecule has 1 aliphatic heterocycles. The van der Waals surface area contributed by atoms with Crippen molar-refractivity contribution >= 4 is 17.8 Å². The van der Waals surface area contributed by atoms with Crippen molar-refractivity contribution in [1.82, 2.24) is 10.2 Å². The van der Waals surface area contributed by atoms with Gasteiger partial charge in [-0.3, -0.25) is 14.9 Å². The Labute approximate surface area is 155 Å². The first kappa shape index (κ1) is 20.7. The lowest BCUT2D eigenvalue weighted by Crippen LogP contribution is -2.55. The van der Waals surface area contributed by atoms with Crippen molar-refractivity contribution < 1.29 is 24.2 Å². The Balaban J connectivity index is 2.10. The Morgan fingerprint density at radius 1 is 1.23 bits per heavy atom. The molecule has 0 bridgehead atoms. The zero-order valence-corrected chi connectivity index (χ0v) is 16.1. The van der Waals surface area contributed by atoms with E-state index in [4.69, 9.17) is 4.74 Å². The average Bonchev–Trinajstić information content (AvgIpc) is 3.00. The summed E-state index contributed by atoms with van der Waals surface area (Å²) in [6, 6.07) is -1.92. The molecule has 2 rings (SSSR count). The maximum atomic E-state index is 13.1. The number of esters is 1. The molecule has 0 radical (unpaired) electrons. The predicted octanol–water partition coefficient (Wildman–Crippen LogP) is 1.94. The van der Waals surface area contributed by atoms with Crippen molar-refractivity contribution in [3.63, 3.8) is 0 Å². The number of hydrogen-bond donors (Lipinski definition) is 2. The van der Waals surface area contributed by atoms with Gasteiger partial charge in [0, 0.05) is 6.04 Å². The fourth-order valence-corrected chi connectivity index (χ4v) is 4.39. The van der Waals surface area contributed by atoms with Gasteiger partial charge in [0.1, 0.15) is 12.1 Å². The number of likely N-dealkylation sites (tertiary alicyclic amines) is 1. The van der Waals surface area contributed by atoms with Crippen molar-refractivity contribution in [3.8, 4) is 0 Å². The topological polar surface area (TPSA) is 95.9 Å². The number of fused-ring (bicyclic) bond motifs is 1. The Morgan fingerprint density at radius 3 is 2.54 bits per heavy atom. The van der Waals surface area contributed by atoms with Gasteiger partial charge in [-0.2, -0.15) is 0 Å². The quantitative estimate of drug-likeness (QED) is 0.636. The minimum atomic E-state index is -0.935. The van der Waals surface area contributed by atoms with Crippen LogP contribution in [0.1, 0.15) is 65.7 Å². The fraction of sp³-hybridized carbons (Fsp3) is 0.842. The Hall–Kier alpha value is -1.63. The van der Waals surface area contributed by atoms with Gasteiger partial charge in [-0.25, -0.2) is 4.79 Å². The van der Waals surface area contributed by atoms with Crippen molar-refractivity contribution in [1.29, 1.82) is 0 Å². The summed E-state index contributed by atoms with van der Waals surface area (Å²) in [6.07, 6.45) is 5.87. The smallest absolute Gasteiger partial charge is 0.326 e. The van der Waals surface area contributed by atoms with Gasteiger partial charge >= 0.3 is 11.9 Å². The standard InChI is InChI=1S/C19H32N2O5/c1-4-8-14(19(25)26-5-2)20-12(3)17(22)21-15-10-7-6-9-13(15)11-16(21)18(23)24/h12-16,20H,4-11H2,1-3H3,(H,23,24)/t12-,13+,14-,15-,16+/m0/s1. The molecule has 1 amide bonds. The summed E-state index contributed by atoms with van der Waals surface area (Å²) < 4.78 is 5.09. The van der Waals surface area contributed by atoms with E-state index in [0.717, 1.165) is 32.1 Å². The minimum Gasteiger partial charge on any atom is -0.480 e. The van der Waals surface area contributed by atoms with Crippen LogP contribution in [-0.2, 0) is 19.1 Å². The Kier molecular flexibility index (Phi) is 7.43. The monoisotopic (exact) mass is 368 g/mol. The van der Waals surface area contributed by atoms with Crippen molar-refractivity contribution in [2.45, 2.75) is 89.9 Å². The first-order valence-corrected chi connectivity index (χ1v) is 9.88. The third-order valence-electron chi connectivity index (χ3n) is 5.60. The third-order valence-corrected chi connectivity index (χ3v) is 5.60. The summed E-state index contributed by atoms with van der Waals surface area (Å²) in [5, 5.41) is 12.7. The first-order chi connectivity index (χ1) is 12.4. The summed E-state index contributed by atoms with van der Waals surface area (Å²) in [4.78, 5) is 38.5. The molecule has 7 nitrogen and oxygen atoms in total. The number of carboxylic acids is 1. The zero-order valence-electron chi connectivity index (χ0n) is 16.1. The van der Waals surface area contributed by atoms with Gasteiger partial charge in [0.15, 0.2) is 0 Å². The van der Waals surface area contributed by atoms with E-state index in [0.29, 0.717) is 19.4 Å². The number of nitrogens with zero attached hydrogens (tertiary/aromatic N) is 1. The number of carboxylic acid groups (broad SMARTS) is 1. The molecule has 1 heterocycles. The second kappa shape index (κ2) is 9.35. The van der Waals surface area contributed by atoms with E-state index in [2.05, 4.69) is 5.32 Å². The number of carbonyl (C=O) groups excluding carboxylic acids is 2. The van der Waals surface area contributed by atoms with E-state index in [-0.39, 0.29) is 23.8 Å². The summed E-state index contributed by atoms with van der Waals surface area (Å²) in [7, 11) is 0. The molecule has 0 unspecified atom stereocenters. The average molecular weight is 368 g/mol. The molecule has 1 aliphatic carbocycles. The predicted molar refractivity (Wildman–Crippen MR) is 96.6 cm³/mol. The van der Waals surface area contributed by atoms with Crippen LogP contribution >= 0.6 is 0 Å². The van der Waals surface area contributed by atoms with Crippen LogP contribution in [0.5, 0.6) is 0 Å². The number of nitrogens with one attached hydrogen (secondary N) is 1. The molecule has 5 atom stereocenters. The molecule has 148 valence electrons. The Bertz CT molecular complexity index is 524. The van der Waals surface area contributed by atoms with Crippen molar-refractivity contribution in [3.05, 3.63) is 0 Å². The molecule has 0 spiro atoms. The lowest BCUT2D eigenvalue weighted by molar-refractivity contribution is -0.152. The van der Waals surface area contributed by atoms with Crippen LogP contribution in [0.2, 0.25) is 0 Å². The van der Waals surface area contributed by atoms with Crippen LogP contribution < -0.4 is 5.32 Å². The third kappa shape index (κ3) is 4.55. The second-order valence-electron chi connectivity index (χ2n) is 7.43. The lowest BCUT2D eigenvalue weighted by atomic mass is 9.84. The number of aliphatic carboxylic acids is 1. The molecule has 2 aliphatic rings. The van der Waals surface area contributed by atoms with E-state index in [1.54, 1.807) is 18.7 Å². The van der Waals surface area contributed by atoms with Crippen molar-refractivity contribution in [2.75, 3.05) is 6.61 Å². The SMILES string of the molecule is CCC[C@H](N[C@@H](C)C(=O)N1[C@@H](C(=O)O)C[C@H]2CCCC[C@@H]21)C(=O)OCC. The molecule has 0 aromatic heterocycles. The molecule has 2 N–H and O–H groups in total. The molecule has 26 heavy (non-hydrogen) atoms. The number of rotatable bonds is 8. The van der Waals surface area contributed by atoms with Crippen LogP contribution in [0.15, 0.2) is 0 Å². The first-order valence-electron chi connectivity index (χ1n) is 9.88. The molecule has 0 aromatic carbocycles. The largest absolute Gasteiger partial charge is 0.480 e. The van der Waals surface area contributed by atoms with E-state index in [9.17, 15) is 19.5 Å². The highest BCUT2D eigenvalue weighted by molar-refractivity contribution is 5.88. The second-order valence-corrected chi connectivity index (χ2v) is 7.43. The van der Waals surface area contributed by atoms with E-state index < -0.39 is 24.1 Å². The maximum Gasteiger partial charge on any atom is 0.326 e. The fourth-order valence-electron chi connectivity index (χ4n) is 4.39. The van der Waals surface area contributed by atoms with Gasteiger partial charge < -0.3 is 14.7 Å². The highest BCUT2D eigenvalue weighted by Gasteiger charge is 2.48. The number of amides is 1. The van der Waals surface area contributed by atoms with E-state index in [1.165, 1.54) is 0 Å². The normalized spacial score (nSPS) is 27.5. The van der Waals surface area contributed by atoms with E-state index in [1.807, 2.05) is 6.92 Å². The van der Waals surface area contributed by atoms with Crippen LogP contribution in [0, 0.1) is 5.92 Å². The molecular weight excluding hydrogens is 336 g/mol. The van der Waals surface area contributed by atoms with Crippen LogP contribution in [0.3, 0.4) is 0 Å². The number of carbonyl (C=O) groups is 3. The zero-order chi connectivity index (χ0) is 19.3. The van der Waals surface area contributed by atoms with Gasteiger partial charge in [-0.05, 0) is 45.4 Å².